The molecular weight excluding hydrogens is 392 g/mol. The number of benzene rings is 1. The van der Waals surface area contributed by atoms with Crippen LogP contribution in [0, 0.1) is 12.8 Å². The molecule has 0 aliphatic carbocycles. The summed E-state index contributed by atoms with van der Waals surface area (Å²) < 4.78 is 5.77. The normalized spacial score (nSPS) is 17.4. The molecule has 1 atom stereocenters. The predicted octanol–water partition coefficient (Wildman–Crippen LogP) is 4.32. The molecule has 1 aromatic carbocycles. The molecule has 31 heavy (non-hydrogen) atoms. The SMILES string of the molecule is Cc1cnc(Oc2cccc(/C=C3\CCN(C(=O)Nc4cccnn4)CC3C)c2)nc1. The number of nitrogens with zero attached hydrogens (tertiary/aromatic N) is 5. The van der Waals surface area contributed by atoms with Crippen molar-refractivity contribution in [2.45, 2.75) is 20.3 Å². The summed E-state index contributed by atoms with van der Waals surface area (Å²) in [5.74, 6) is 1.38. The van der Waals surface area contributed by atoms with Crippen molar-refractivity contribution >= 4 is 17.9 Å². The maximum Gasteiger partial charge on any atom is 0.323 e. The van der Waals surface area contributed by atoms with Gasteiger partial charge in [0.25, 0.3) is 0 Å². The Labute approximate surface area is 181 Å². The highest BCUT2D eigenvalue weighted by atomic mass is 16.5. The molecule has 1 N–H and O–H groups in total. The van der Waals surface area contributed by atoms with Crippen molar-refractivity contribution in [1.29, 1.82) is 0 Å². The van der Waals surface area contributed by atoms with Crippen LogP contribution in [0.15, 0.2) is 60.6 Å². The van der Waals surface area contributed by atoms with E-state index in [9.17, 15) is 4.79 Å². The lowest BCUT2D eigenvalue weighted by Gasteiger charge is -2.33. The topological polar surface area (TPSA) is 93.1 Å². The average molecular weight is 416 g/mol. The number of aromatic nitrogens is 4. The zero-order chi connectivity index (χ0) is 21.6. The molecule has 1 aliphatic rings. The minimum Gasteiger partial charge on any atom is -0.424 e. The quantitative estimate of drug-likeness (QED) is 0.681. The van der Waals surface area contributed by atoms with Gasteiger partial charge in [-0.1, -0.05) is 30.7 Å². The number of likely N-dealkylation sites (tertiary alicyclic amines) is 1. The van der Waals surface area contributed by atoms with Crippen LogP contribution in [0.3, 0.4) is 0 Å². The van der Waals surface area contributed by atoms with Gasteiger partial charge >= 0.3 is 12.0 Å². The van der Waals surface area contributed by atoms with Crippen LogP contribution >= 0.6 is 0 Å². The molecule has 0 bridgehead atoms. The van der Waals surface area contributed by atoms with Gasteiger partial charge in [-0.25, -0.2) is 14.8 Å². The lowest BCUT2D eigenvalue weighted by atomic mass is 9.91. The third-order valence-electron chi connectivity index (χ3n) is 5.07. The van der Waals surface area contributed by atoms with E-state index in [1.165, 1.54) is 5.57 Å². The molecule has 0 spiro atoms. The first kappa shape index (κ1) is 20.5. The first-order chi connectivity index (χ1) is 15.1. The third kappa shape index (κ3) is 5.42. The van der Waals surface area contributed by atoms with E-state index in [-0.39, 0.29) is 11.9 Å². The molecule has 2 amide bonds. The van der Waals surface area contributed by atoms with E-state index in [4.69, 9.17) is 4.74 Å². The molecule has 1 unspecified atom stereocenters. The maximum absolute atomic E-state index is 12.5. The van der Waals surface area contributed by atoms with E-state index in [0.717, 1.165) is 17.5 Å². The van der Waals surface area contributed by atoms with Gasteiger partial charge in [0.15, 0.2) is 5.82 Å². The van der Waals surface area contributed by atoms with E-state index in [1.807, 2.05) is 36.1 Å². The Bertz CT molecular complexity index is 1070. The van der Waals surface area contributed by atoms with Crippen molar-refractivity contribution < 1.29 is 9.53 Å². The third-order valence-corrected chi connectivity index (χ3v) is 5.07. The molecule has 0 saturated carbocycles. The van der Waals surface area contributed by atoms with E-state index < -0.39 is 0 Å². The number of nitrogens with one attached hydrogen (secondary N) is 1. The molecule has 1 aliphatic heterocycles. The van der Waals surface area contributed by atoms with Crippen molar-refractivity contribution in [3.8, 4) is 11.8 Å². The Morgan fingerprint density at radius 3 is 2.81 bits per heavy atom. The molecule has 1 fully saturated rings. The van der Waals surface area contributed by atoms with Crippen LogP contribution in [-0.4, -0.2) is 44.2 Å². The second-order valence-corrected chi connectivity index (χ2v) is 7.57. The van der Waals surface area contributed by atoms with Crippen LogP contribution in [0.5, 0.6) is 11.8 Å². The second kappa shape index (κ2) is 9.34. The number of ether oxygens (including phenoxy) is 1. The summed E-state index contributed by atoms with van der Waals surface area (Å²) in [7, 11) is 0. The lowest BCUT2D eigenvalue weighted by Crippen LogP contribution is -2.42. The highest BCUT2D eigenvalue weighted by Gasteiger charge is 2.24. The number of hydrogen-bond donors (Lipinski definition) is 1. The second-order valence-electron chi connectivity index (χ2n) is 7.57. The molecule has 0 radical (unpaired) electrons. The number of piperidine rings is 1. The average Bonchev–Trinajstić information content (AvgIpc) is 2.78. The smallest absolute Gasteiger partial charge is 0.323 e. The highest BCUT2D eigenvalue weighted by molar-refractivity contribution is 5.88. The standard InChI is InChI=1S/C23H24N6O2/c1-16-13-24-22(25-14-16)31-20-6-3-5-18(12-20)11-19-8-10-29(15-17(19)2)23(30)27-21-7-4-9-26-28-21/h3-7,9,11-14,17H,8,10,15H2,1-2H3,(H,27,28,30)/b19-11+. The number of amides is 2. The molecule has 8 heteroatoms. The van der Waals surface area contributed by atoms with E-state index in [1.54, 1.807) is 30.7 Å². The number of aryl methyl sites for hydroxylation is 1. The summed E-state index contributed by atoms with van der Waals surface area (Å²) in [5.41, 5.74) is 3.33. The van der Waals surface area contributed by atoms with Crippen LogP contribution in [-0.2, 0) is 0 Å². The van der Waals surface area contributed by atoms with Gasteiger partial charge in [0.1, 0.15) is 5.75 Å². The summed E-state index contributed by atoms with van der Waals surface area (Å²) in [5, 5.41) is 10.5. The van der Waals surface area contributed by atoms with Crippen molar-refractivity contribution in [3.05, 3.63) is 71.7 Å². The Kier molecular flexibility index (Phi) is 6.16. The highest BCUT2D eigenvalue weighted by Crippen LogP contribution is 2.27. The van der Waals surface area contributed by atoms with Crippen molar-refractivity contribution in [2.24, 2.45) is 5.92 Å². The van der Waals surface area contributed by atoms with Gasteiger partial charge in [0, 0.05) is 31.7 Å². The van der Waals surface area contributed by atoms with Gasteiger partial charge in [-0.3, -0.25) is 5.32 Å². The Hall–Kier alpha value is -3.81. The minimum atomic E-state index is -0.153. The zero-order valence-electron chi connectivity index (χ0n) is 17.5. The zero-order valence-corrected chi connectivity index (χ0v) is 17.5. The lowest BCUT2D eigenvalue weighted by molar-refractivity contribution is 0.197. The Morgan fingerprint density at radius 1 is 1.23 bits per heavy atom. The number of carbonyl (C=O) groups is 1. The summed E-state index contributed by atoms with van der Waals surface area (Å²) in [6.45, 7) is 5.36. The number of anilines is 1. The number of carbonyl (C=O) groups excluding carboxylic acids is 1. The molecule has 3 aromatic rings. The van der Waals surface area contributed by atoms with Crippen molar-refractivity contribution in [2.75, 3.05) is 18.4 Å². The van der Waals surface area contributed by atoms with Crippen LogP contribution in [0.1, 0.15) is 24.5 Å². The molecule has 1 saturated heterocycles. The fourth-order valence-corrected chi connectivity index (χ4v) is 3.43. The first-order valence-electron chi connectivity index (χ1n) is 10.2. The fraction of sp³-hybridized carbons (Fsp3) is 0.261. The number of rotatable bonds is 4. The predicted molar refractivity (Wildman–Crippen MR) is 118 cm³/mol. The van der Waals surface area contributed by atoms with Crippen LogP contribution in [0.25, 0.3) is 6.08 Å². The minimum absolute atomic E-state index is 0.153. The van der Waals surface area contributed by atoms with E-state index >= 15 is 0 Å². The van der Waals surface area contributed by atoms with Gasteiger partial charge in [0.05, 0.1) is 0 Å². The van der Waals surface area contributed by atoms with Crippen LogP contribution in [0.2, 0.25) is 0 Å². The van der Waals surface area contributed by atoms with Gasteiger partial charge < -0.3 is 9.64 Å². The molecule has 158 valence electrons. The Balaban J connectivity index is 1.39. The first-order valence-corrected chi connectivity index (χ1v) is 10.2. The molecule has 4 rings (SSSR count). The van der Waals surface area contributed by atoms with Gasteiger partial charge in [0.2, 0.25) is 0 Å². The molecule has 3 heterocycles. The van der Waals surface area contributed by atoms with Gasteiger partial charge in [-0.15, -0.1) is 5.10 Å². The largest absolute Gasteiger partial charge is 0.424 e. The summed E-state index contributed by atoms with van der Waals surface area (Å²) in [6.07, 6.45) is 8.00. The fourth-order valence-electron chi connectivity index (χ4n) is 3.43. The van der Waals surface area contributed by atoms with Crippen LogP contribution < -0.4 is 10.1 Å². The summed E-state index contributed by atoms with van der Waals surface area (Å²) in [4.78, 5) is 22.7. The number of hydrogen-bond acceptors (Lipinski definition) is 6. The van der Waals surface area contributed by atoms with Crippen molar-refractivity contribution in [3.63, 3.8) is 0 Å². The van der Waals surface area contributed by atoms with Crippen molar-refractivity contribution in [1.82, 2.24) is 25.1 Å². The molecule has 2 aromatic heterocycles. The summed E-state index contributed by atoms with van der Waals surface area (Å²) in [6, 6.07) is 11.5. The van der Waals surface area contributed by atoms with Crippen LogP contribution in [0.4, 0.5) is 10.6 Å². The summed E-state index contributed by atoms with van der Waals surface area (Å²) >= 11 is 0. The van der Waals surface area contributed by atoms with E-state index in [0.29, 0.717) is 30.7 Å². The van der Waals surface area contributed by atoms with Gasteiger partial charge in [-0.2, -0.15) is 5.10 Å². The monoisotopic (exact) mass is 416 g/mol. The Morgan fingerprint density at radius 2 is 2.06 bits per heavy atom. The van der Waals surface area contributed by atoms with E-state index in [2.05, 4.69) is 38.5 Å². The molecular formula is C23H24N6O2. The number of urea groups is 1. The maximum atomic E-state index is 12.5. The molecule has 8 nitrogen and oxygen atoms in total. The van der Waals surface area contributed by atoms with Gasteiger partial charge in [-0.05, 0) is 54.7 Å².